The summed E-state index contributed by atoms with van der Waals surface area (Å²) < 4.78 is 6.27. The van der Waals surface area contributed by atoms with Gasteiger partial charge in [0.15, 0.2) is 17.5 Å². The summed E-state index contributed by atoms with van der Waals surface area (Å²) in [6.45, 7) is 0. The van der Waals surface area contributed by atoms with Crippen LogP contribution in [0.1, 0.15) is 0 Å². The molecular weight excluding hydrogens is 647 g/mol. The smallest absolute Gasteiger partial charge is 0.164 e. The second-order valence-electron chi connectivity index (χ2n) is 13.5. The standard InChI is InChI=1S/C49H29N3O/c1-2-12-31(13-3-1)47-50-48(33-23-24-35-32(29-33)22-26-38-34-14-5-4-11-30(34)21-25-39(35)38)52-49(51-47)42-28-27-40(36-15-6-7-16-37(36)42)41-18-10-20-45-46(41)43-17-8-9-19-44(43)53-45/h1-29H. The lowest BCUT2D eigenvalue weighted by Crippen LogP contribution is -2.01. The van der Waals surface area contributed by atoms with Gasteiger partial charge in [0.1, 0.15) is 11.2 Å². The van der Waals surface area contributed by atoms with Gasteiger partial charge in [-0.1, -0.05) is 152 Å². The Morgan fingerprint density at radius 2 is 0.887 bits per heavy atom. The molecule has 0 fully saturated rings. The van der Waals surface area contributed by atoms with Crippen LogP contribution in [0.25, 0.3) is 110 Å². The average Bonchev–Trinajstić information content (AvgIpc) is 3.62. The normalized spacial score (nSPS) is 11.8. The first-order valence-corrected chi connectivity index (χ1v) is 17.9. The van der Waals surface area contributed by atoms with Crippen LogP contribution in [0.15, 0.2) is 180 Å². The molecule has 246 valence electrons. The van der Waals surface area contributed by atoms with Crippen LogP contribution in [0.5, 0.6) is 0 Å². The number of rotatable bonds is 4. The predicted octanol–water partition coefficient (Wildman–Crippen LogP) is 13.1. The van der Waals surface area contributed by atoms with Gasteiger partial charge in [0.2, 0.25) is 0 Å². The van der Waals surface area contributed by atoms with E-state index in [2.05, 4.69) is 140 Å². The second-order valence-corrected chi connectivity index (χ2v) is 13.5. The number of aromatic nitrogens is 3. The van der Waals surface area contributed by atoms with Crippen LogP contribution in [0.2, 0.25) is 0 Å². The van der Waals surface area contributed by atoms with Gasteiger partial charge in [-0.3, -0.25) is 0 Å². The lowest BCUT2D eigenvalue weighted by atomic mass is 9.92. The Morgan fingerprint density at radius 1 is 0.302 bits per heavy atom. The molecule has 4 nitrogen and oxygen atoms in total. The van der Waals surface area contributed by atoms with Gasteiger partial charge in [-0.15, -0.1) is 0 Å². The van der Waals surface area contributed by atoms with Crippen molar-refractivity contribution < 1.29 is 4.42 Å². The summed E-state index contributed by atoms with van der Waals surface area (Å²) in [6, 6.07) is 61.6. The molecule has 11 rings (SSSR count). The quantitative estimate of drug-likeness (QED) is 0.174. The number of furan rings is 1. The Bertz CT molecular complexity index is 3240. The van der Waals surface area contributed by atoms with Crippen LogP contribution in [-0.2, 0) is 0 Å². The van der Waals surface area contributed by atoms with Gasteiger partial charge >= 0.3 is 0 Å². The van der Waals surface area contributed by atoms with Crippen molar-refractivity contribution in [1.29, 1.82) is 0 Å². The number of fused-ring (bicyclic) bond motifs is 9. The highest BCUT2D eigenvalue weighted by Crippen LogP contribution is 2.42. The molecule has 11 aromatic rings. The third kappa shape index (κ3) is 4.73. The molecule has 0 aliphatic heterocycles. The molecule has 0 N–H and O–H groups in total. The summed E-state index contributed by atoms with van der Waals surface area (Å²) >= 11 is 0. The zero-order valence-corrected chi connectivity index (χ0v) is 28.5. The Hall–Kier alpha value is -7.17. The topological polar surface area (TPSA) is 51.8 Å². The molecule has 0 aliphatic carbocycles. The Balaban J connectivity index is 1.10. The first-order chi connectivity index (χ1) is 26.3. The third-order valence-corrected chi connectivity index (χ3v) is 10.5. The van der Waals surface area contributed by atoms with Crippen LogP contribution in [0.4, 0.5) is 0 Å². The van der Waals surface area contributed by atoms with Crippen LogP contribution in [-0.4, -0.2) is 15.0 Å². The first kappa shape index (κ1) is 29.5. The zero-order chi connectivity index (χ0) is 34.9. The van der Waals surface area contributed by atoms with E-state index in [0.29, 0.717) is 17.5 Å². The van der Waals surface area contributed by atoms with E-state index < -0.39 is 0 Å². The summed E-state index contributed by atoms with van der Waals surface area (Å²) in [5.41, 5.74) is 6.86. The first-order valence-electron chi connectivity index (χ1n) is 17.9. The van der Waals surface area contributed by atoms with Crippen molar-refractivity contribution in [3.05, 3.63) is 176 Å². The summed E-state index contributed by atoms with van der Waals surface area (Å²) in [5.74, 6) is 1.91. The van der Waals surface area contributed by atoms with E-state index in [1.54, 1.807) is 0 Å². The summed E-state index contributed by atoms with van der Waals surface area (Å²) in [6.07, 6.45) is 0. The zero-order valence-electron chi connectivity index (χ0n) is 28.5. The van der Waals surface area contributed by atoms with Crippen LogP contribution >= 0.6 is 0 Å². The molecule has 0 bridgehead atoms. The van der Waals surface area contributed by atoms with Crippen molar-refractivity contribution in [2.45, 2.75) is 0 Å². The van der Waals surface area contributed by atoms with E-state index in [1.807, 2.05) is 36.4 Å². The monoisotopic (exact) mass is 675 g/mol. The Kier molecular flexibility index (Phi) is 6.52. The van der Waals surface area contributed by atoms with Gasteiger partial charge in [-0.25, -0.2) is 15.0 Å². The van der Waals surface area contributed by atoms with Gasteiger partial charge < -0.3 is 4.42 Å². The molecule has 2 aromatic heterocycles. The van der Waals surface area contributed by atoms with E-state index >= 15 is 0 Å². The summed E-state index contributed by atoms with van der Waals surface area (Å²) in [4.78, 5) is 15.4. The lowest BCUT2D eigenvalue weighted by Gasteiger charge is -2.14. The van der Waals surface area contributed by atoms with Crippen molar-refractivity contribution >= 4 is 65.0 Å². The van der Waals surface area contributed by atoms with E-state index in [-0.39, 0.29) is 0 Å². The van der Waals surface area contributed by atoms with Crippen molar-refractivity contribution in [3.8, 4) is 45.3 Å². The van der Waals surface area contributed by atoms with Crippen molar-refractivity contribution in [2.24, 2.45) is 0 Å². The molecule has 0 saturated carbocycles. The molecule has 0 atom stereocenters. The van der Waals surface area contributed by atoms with Gasteiger partial charge in [0.05, 0.1) is 0 Å². The van der Waals surface area contributed by atoms with E-state index in [0.717, 1.165) is 65.9 Å². The molecule has 0 amide bonds. The number of para-hydroxylation sites is 1. The predicted molar refractivity (Wildman–Crippen MR) is 219 cm³/mol. The molecule has 0 radical (unpaired) electrons. The molecule has 9 aromatic carbocycles. The van der Waals surface area contributed by atoms with Gasteiger partial charge in [0, 0.05) is 27.5 Å². The fourth-order valence-corrected chi connectivity index (χ4v) is 8.04. The molecular formula is C49H29N3O. The molecule has 0 aliphatic rings. The van der Waals surface area contributed by atoms with Crippen LogP contribution in [0.3, 0.4) is 0 Å². The van der Waals surface area contributed by atoms with E-state index in [9.17, 15) is 0 Å². The van der Waals surface area contributed by atoms with Gasteiger partial charge in [-0.2, -0.15) is 0 Å². The minimum Gasteiger partial charge on any atom is -0.456 e. The maximum atomic E-state index is 6.27. The molecule has 0 spiro atoms. The van der Waals surface area contributed by atoms with Crippen LogP contribution in [0, 0.1) is 0 Å². The van der Waals surface area contributed by atoms with Gasteiger partial charge in [0.25, 0.3) is 0 Å². The highest BCUT2D eigenvalue weighted by atomic mass is 16.3. The Labute approximate surface area is 304 Å². The van der Waals surface area contributed by atoms with E-state index in [1.165, 1.54) is 26.9 Å². The minimum absolute atomic E-state index is 0.633. The molecule has 2 heterocycles. The molecule has 53 heavy (non-hydrogen) atoms. The summed E-state index contributed by atoms with van der Waals surface area (Å²) in [5, 5.41) is 11.8. The highest BCUT2D eigenvalue weighted by molar-refractivity contribution is 6.18. The van der Waals surface area contributed by atoms with Crippen molar-refractivity contribution in [2.75, 3.05) is 0 Å². The minimum atomic E-state index is 0.633. The highest BCUT2D eigenvalue weighted by Gasteiger charge is 2.19. The summed E-state index contributed by atoms with van der Waals surface area (Å²) in [7, 11) is 0. The fourth-order valence-electron chi connectivity index (χ4n) is 8.04. The van der Waals surface area contributed by atoms with Crippen LogP contribution < -0.4 is 0 Å². The largest absolute Gasteiger partial charge is 0.456 e. The van der Waals surface area contributed by atoms with Gasteiger partial charge in [-0.05, 0) is 78.5 Å². The molecule has 0 saturated heterocycles. The lowest BCUT2D eigenvalue weighted by molar-refractivity contribution is 0.669. The van der Waals surface area contributed by atoms with E-state index in [4.69, 9.17) is 19.4 Å². The number of nitrogens with zero attached hydrogens (tertiary/aromatic N) is 3. The Morgan fingerprint density at radius 3 is 1.72 bits per heavy atom. The SMILES string of the molecule is c1ccc(-c2nc(-c3ccc4c(ccc5c6ccccc6ccc45)c3)nc(-c3ccc(-c4cccc5oc6ccccc6c45)c4ccccc34)n2)cc1. The second kappa shape index (κ2) is 11.7. The number of benzene rings is 9. The fraction of sp³-hybridized carbons (Fsp3) is 0. The maximum absolute atomic E-state index is 6.27. The number of hydrogen-bond donors (Lipinski definition) is 0. The molecule has 4 heteroatoms. The van der Waals surface area contributed by atoms with Crippen molar-refractivity contribution in [1.82, 2.24) is 15.0 Å². The third-order valence-electron chi connectivity index (χ3n) is 10.5. The maximum Gasteiger partial charge on any atom is 0.164 e. The average molecular weight is 676 g/mol. The molecule has 0 unspecified atom stereocenters. The van der Waals surface area contributed by atoms with Crippen molar-refractivity contribution in [3.63, 3.8) is 0 Å². The number of hydrogen-bond acceptors (Lipinski definition) is 4.